The van der Waals surface area contributed by atoms with Gasteiger partial charge in [-0.3, -0.25) is 9.59 Å². The molecular formula is C22H33NO2. The molecule has 1 aliphatic rings. The van der Waals surface area contributed by atoms with Gasteiger partial charge in [0.25, 0.3) is 0 Å². The average Bonchev–Trinajstić information content (AvgIpc) is 2.66. The number of aldehydes is 1. The monoisotopic (exact) mass is 343 g/mol. The summed E-state index contributed by atoms with van der Waals surface area (Å²) in [6, 6.07) is 8.89. The number of rotatable bonds is 10. The fraction of sp³-hybridized carbons (Fsp3) is 0.636. The van der Waals surface area contributed by atoms with E-state index in [9.17, 15) is 9.59 Å². The summed E-state index contributed by atoms with van der Waals surface area (Å²) in [7, 11) is 0. The number of hydrogen-bond acceptors (Lipinski definition) is 3. The SMILES string of the molecule is CCCCc1ccc(C(C(=O)C=O)C2CCCC(CCCC)N2)cc1. The van der Waals surface area contributed by atoms with Gasteiger partial charge in [0.15, 0.2) is 6.29 Å². The van der Waals surface area contributed by atoms with Crippen molar-refractivity contribution in [3.8, 4) is 0 Å². The highest BCUT2D eigenvalue weighted by Gasteiger charge is 2.33. The Labute approximate surface area is 152 Å². The molecule has 1 heterocycles. The van der Waals surface area contributed by atoms with Crippen LogP contribution in [-0.2, 0) is 16.0 Å². The van der Waals surface area contributed by atoms with E-state index in [0.29, 0.717) is 12.3 Å². The first-order chi connectivity index (χ1) is 12.2. The van der Waals surface area contributed by atoms with Crippen molar-refractivity contribution in [2.45, 2.75) is 89.6 Å². The minimum absolute atomic E-state index is 0.0785. The second-order valence-corrected chi connectivity index (χ2v) is 7.39. The summed E-state index contributed by atoms with van der Waals surface area (Å²) in [4.78, 5) is 23.6. The van der Waals surface area contributed by atoms with E-state index in [-0.39, 0.29) is 17.7 Å². The van der Waals surface area contributed by atoms with Gasteiger partial charge in [-0.05, 0) is 43.2 Å². The van der Waals surface area contributed by atoms with E-state index < -0.39 is 0 Å². The Morgan fingerprint density at radius 3 is 2.52 bits per heavy atom. The smallest absolute Gasteiger partial charge is 0.204 e. The first-order valence-electron chi connectivity index (χ1n) is 10.0. The van der Waals surface area contributed by atoms with Crippen molar-refractivity contribution >= 4 is 12.1 Å². The van der Waals surface area contributed by atoms with E-state index in [0.717, 1.165) is 31.2 Å². The summed E-state index contributed by atoms with van der Waals surface area (Å²) in [6.07, 6.45) is 10.8. The number of carbonyl (C=O) groups is 2. The van der Waals surface area contributed by atoms with Gasteiger partial charge in [-0.25, -0.2) is 0 Å². The summed E-state index contributed by atoms with van der Waals surface area (Å²) in [6.45, 7) is 4.40. The van der Waals surface area contributed by atoms with Crippen LogP contribution in [0.4, 0.5) is 0 Å². The molecular weight excluding hydrogens is 310 g/mol. The molecule has 25 heavy (non-hydrogen) atoms. The number of unbranched alkanes of at least 4 members (excludes halogenated alkanes) is 2. The van der Waals surface area contributed by atoms with Crippen molar-refractivity contribution in [3.63, 3.8) is 0 Å². The molecule has 1 saturated heterocycles. The molecule has 3 nitrogen and oxygen atoms in total. The zero-order valence-electron chi connectivity index (χ0n) is 15.8. The van der Waals surface area contributed by atoms with E-state index >= 15 is 0 Å². The molecule has 0 saturated carbocycles. The van der Waals surface area contributed by atoms with Crippen molar-refractivity contribution in [3.05, 3.63) is 35.4 Å². The first-order valence-corrected chi connectivity index (χ1v) is 10.0. The fourth-order valence-corrected chi connectivity index (χ4v) is 3.94. The molecule has 0 amide bonds. The molecule has 1 N–H and O–H groups in total. The summed E-state index contributed by atoms with van der Waals surface area (Å²) < 4.78 is 0. The van der Waals surface area contributed by atoms with Crippen molar-refractivity contribution < 1.29 is 9.59 Å². The van der Waals surface area contributed by atoms with Gasteiger partial charge in [-0.15, -0.1) is 0 Å². The summed E-state index contributed by atoms with van der Waals surface area (Å²) in [5, 5.41) is 3.67. The number of hydrogen-bond donors (Lipinski definition) is 1. The zero-order chi connectivity index (χ0) is 18.1. The third-order valence-electron chi connectivity index (χ3n) is 5.41. The molecule has 1 aromatic carbocycles. The van der Waals surface area contributed by atoms with Crippen LogP contribution in [-0.4, -0.2) is 24.2 Å². The van der Waals surface area contributed by atoms with Crippen molar-refractivity contribution in [1.82, 2.24) is 5.32 Å². The van der Waals surface area contributed by atoms with E-state index in [1.165, 1.54) is 37.7 Å². The lowest BCUT2D eigenvalue weighted by Crippen LogP contribution is -2.47. The van der Waals surface area contributed by atoms with Crippen molar-refractivity contribution in [2.75, 3.05) is 0 Å². The number of aryl methyl sites for hydroxylation is 1. The van der Waals surface area contributed by atoms with Gasteiger partial charge in [0.1, 0.15) is 0 Å². The van der Waals surface area contributed by atoms with E-state index in [1.807, 2.05) is 12.1 Å². The molecule has 2 rings (SSSR count). The van der Waals surface area contributed by atoms with Crippen LogP contribution in [0.1, 0.15) is 82.3 Å². The van der Waals surface area contributed by atoms with Crippen LogP contribution in [0, 0.1) is 0 Å². The molecule has 1 aromatic rings. The van der Waals surface area contributed by atoms with Crippen LogP contribution in [0.5, 0.6) is 0 Å². The molecule has 0 aromatic heterocycles. The second kappa shape index (κ2) is 10.5. The van der Waals surface area contributed by atoms with Gasteiger partial charge in [0.05, 0.1) is 5.92 Å². The van der Waals surface area contributed by atoms with Crippen molar-refractivity contribution in [2.24, 2.45) is 0 Å². The number of piperidine rings is 1. The molecule has 0 spiro atoms. The minimum Gasteiger partial charge on any atom is -0.310 e. The lowest BCUT2D eigenvalue weighted by molar-refractivity contribution is -0.131. The maximum Gasteiger partial charge on any atom is 0.204 e. The number of carbonyl (C=O) groups excluding carboxylic acids is 2. The zero-order valence-corrected chi connectivity index (χ0v) is 15.8. The lowest BCUT2D eigenvalue weighted by Gasteiger charge is -2.35. The molecule has 3 atom stereocenters. The van der Waals surface area contributed by atoms with Crippen LogP contribution >= 0.6 is 0 Å². The highest BCUT2D eigenvalue weighted by atomic mass is 16.2. The fourth-order valence-electron chi connectivity index (χ4n) is 3.94. The minimum atomic E-state index is -0.345. The maximum absolute atomic E-state index is 12.4. The van der Waals surface area contributed by atoms with Gasteiger partial charge < -0.3 is 5.32 Å². The Morgan fingerprint density at radius 1 is 1.16 bits per heavy atom. The van der Waals surface area contributed by atoms with Crippen molar-refractivity contribution in [1.29, 1.82) is 0 Å². The Bertz CT molecular complexity index is 537. The van der Waals surface area contributed by atoms with Crippen LogP contribution in [0.25, 0.3) is 0 Å². The number of Topliss-reactive ketones (excluding diaryl/α,β-unsaturated/α-hetero) is 1. The van der Waals surface area contributed by atoms with Crippen LogP contribution in [0.15, 0.2) is 24.3 Å². The molecule has 1 aliphatic heterocycles. The number of benzene rings is 1. The quantitative estimate of drug-likeness (QED) is 0.499. The van der Waals surface area contributed by atoms with Gasteiger partial charge in [0, 0.05) is 12.1 Å². The lowest BCUT2D eigenvalue weighted by atomic mass is 9.81. The highest BCUT2D eigenvalue weighted by Crippen LogP contribution is 2.29. The molecule has 0 bridgehead atoms. The number of ketones is 1. The summed E-state index contributed by atoms with van der Waals surface area (Å²) in [5.41, 5.74) is 2.28. The Morgan fingerprint density at radius 2 is 1.88 bits per heavy atom. The standard InChI is InChI=1S/C22H33NO2/c1-3-5-8-17-12-14-18(15-13-17)22(21(25)16-24)20-11-7-10-19(23-20)9-6-4-2/h12-16,19-20,22-23H,3-11H2,1-2H3. The molecule has 138 valence electrons. The van der Waals surface area contributed by atoms with Gasteiger partial charge in [-0.1, -0.05) is 63.8 Å². The van der Waals surface area contributed by atoms with Crippen LogP contribution in [0.2, 0.25) is 0 Å². The van der Waals surface area contributed by atoms with E-state index in [1.54, 1.807) is 0 Å². The molecule has 0 radical (unpaired) electrons. The molecule has 0 aliphatic carbocycles. The second-order valence-electron chi connectivity index (χ2n) is 7.39. The Hall–Kier alpha value is -1.48. The first kappa shape index (κ1) is 19.8. The molecule has 1 fully saturated rings. The van der Waals surface area contributed by atoms with E-state index in [4.69, 9.17) is 0 Å². The highest BCUT2D eigenvalue weighted by molar-refractivity contribution is 6.27. The number of nitrogens with one attached hydrogen (secondary N) is 1. The topological polar surface area (TPSA) is 46.2 Å². The summed E-state index contributed by atoms with van der Waals surface area (Å²) in [5.74, 6) is -0.642. The van der Waals surface area contributed by atoms with Gasteiger partial charge in [0.2, 0.25) is 5.78 Å². The van der Waals surface area contributed by atoms with Crippen LogP contribution < -0.4 is 5.32 Å². The van der Waals surface area contributed by atoms with Crippen LogP contribution in [0.3, 0.4) is 0 Å². The Kier molecular flexibility index (Phi) is 8.33. The average molecular weight is 344 g/mol. The Balaban J connectivity index is 2.12. The third kappa shape index (κ3) is 5.78. The van der Waals surface area contributed by atoms with Gasteiger partial charge >= 0.3 is 0 Å². The molecule has 3 heteroatoms. The van der Waals surface area contributed by atoms with Gasteiger partial charge in [-0.2, -0.15) is 0 Å². The largest absolute Gasteiger partial charge is 0.310 e. The third-order valence-corrected chi connectivity index (χ3v) is 5.41. The predicted molar refractivity (Wildman–Crippen MR) is 103 cm³/mol. The summed E-state index contributed by atoms with van der Waals surface area (Å²) >= 11 is 0. The molecule has 3 unspecified atom stereocenters. The van der Waals surface area contributed by atoms with E-state index in [2.05, 4.69) is 31.3 Å². The predicted octanol–water partition coefficient (Wildman–Crippen LogP) is 4.58. The normalized spacial score (nSPS) is 21.7. The maximum atomic E-state index is 12.4.